The van der Waals surface area contributed by atoms with E-state index in [1.807, 2.05) is 0 Å². The molecule has 4 rings (SSSR count). The van der Waals surface area contributed by atoms with E-state index in [0.29, 0.717) is 22.3 Å². The minimum Gasteiger partial charge on any atom is -0.238 e. The Labute approximate surface area is 163 Å². The van der Waals surface area contributed by atoms with Gasteiger partial charge in [-0.2, -0.15) is 0 Å². The maximum Gasteiger partial charge on any atom is 0.268 e. The number of hydrogen-bond acceptors (Lipinski definition) is 4. The molecule has 1 aliphatic carbocycles. The standard InChI is InChI=1S/C19H18ClNO4S2/c1-26(22,23)15-10-11-19-17(12-15)16-4-2-3-5-18(16)21(19)27(24,25)14-8-6-13(20)7-9-14/h6-12H,2-5H2,1H3. The Morgan fingerprint density at radius 2 is 1.52 bits per heavy atom. The van der Waals surface area contributed by atoms with Gasteiger partial charge in [0, 0.05) is 22.4 Å². The summed E-state index contributed by atoms with van der Waals surface area (Å²) in [5.74, 6) is 0. The van der Waals surface area contributed by atoms with Crippen LogP contribution in [-0.2, 0) is 32.7 Å². The van der Waals surface area contributed by atoms with Crippen LogP contribution in [-0.4, -0.2) is 27.1 Å². The summed E-state index contributed by atoms with van der Waals surface area (Å²) < 4.78 is 52.1. The Hall–Kier alpha value is -1.83. The van der Waals surface area contributed by atoms with Crippen molar-refractivity contribution < 1.29 is 16.8 Å². The van der Waals surface area contributed by atoms with Crippen LogP contribution in [0.4, 0.5) is 0 Å². The minimum atomic E-state index is -3.82. The molecular formula is C19H18ClNO4S2. The molecule has 0 N–H and O–H groups in total. The molecule has 5 nitrogen and oxygen atoms in total. The Balaban J connectivity index is 2.05. The Bertz CT molecular complexity index is 1260. The van der Waals surface area contributed by atoms with Crippen molar-refractivity contribution >= 4 is 42.4 Å². The minimum absolute atomic E-state index is 0.157. The van der Waals surface area contributed by atoms with Gasteiger partial charge in [0.15, 0.2) is 9.84 Å². The smallest absolute Gasteiger partial charge is 0.238 e. The van der Waals surface area contributed by atoms with Crippen molar-refractivity contribution in [2.24, 2.45) is 0 Å². The molecule has 0 saturated carbocycles. The van der Waals surface area contributed by atoms with Crippen molar-refractivity contribution in [2.75, 3.05) is 6.26 Å². The largest absolute Gasteiger partial charge is 0.268 e. The van der Waals surface area contributed by atoms with Gasteiger partial charge < -0.3 is 0 Å². The number of sulfone groups is 1. The average molecular weight is 424 g/mol. The van der Waals surface area contributed by atoms with Crippen LogP contribution in [0.15, 0.2) is 52.3 Å². The quantitative estimate of drug-likeness (QED) is 0.642. The molecule has 8 heteroatoms. The molecule has 0 bridgehead atoms. The first-order valence-corrected chi connectivity index (χ1v) is 12.3. The maximum absolute atomic E-state index is 13.4. The van der Waals surface area contributed by atoms with Crippen molar-refractivity contribution in [1.82, 2.24) is 3.97 Å². The highest BCUT2D eigenvalue weighted by Crippen LogP contribution is 2.36. The summed E-state index contributed by atoms with van der Waals surface area (Å²) in [5, 5.41) is 1.16. The molecule has 0 radical (unpaired) electrons. The first-order valence-electron chi connectivity index (χ1n) is 8.57. The molecule has 142 valence electrons. The van der Waals surface area contributed by atoms with Crippen LogP contribution in [0, 0.1) is 0 Å². The summed E-state index contributed by atoms with van der Waals surface area (Å²) in [5.41, 5.74) is 2.19. The summed E-state index contributed by atoms with van der Waals surface area (Å²) >= 11 is 5.90. The first kappa shape index (κ1) is 18.5. The highest BCUT2D eigenvalue weighted by atomic mass is 35.5. The van der Waals surface area contributed by atoms with E-state index < -0.39 is 19.9 Å². The fraction of sp³-hybridized carbons (Fsp3) is 0.263. The number of benzene rings is 2. The first-order chi connectivity index (χ1) is 12.7. The summed E-state index contributed by atoms with van der Waals surface area (Å²) in [7, 11) is -7.20. The molecule has 27 heavy (non-hydrogen) atoms. The molecule has 1 aromatic heterocycles. The number of aryl methyl sites for hydroxylation is 1. The van der Waals surface area contributed by atoms with E-state index in [2.05, 4.69) is 0 Å². The molecule has 0 unspecified atom stereocenters. The third-order valence-electron chi connectivity index (χ3n) is 4.98. The van der Waals surface area contributed by atoms with E-state index in [1.54, 1.807) is 24.3 Å². The normalized spacial score (nSPS) is 15.0. The van der Waals surface area contributed by atoms with Gasteiger partial charge in [-0.05, 0) is 73.7 Å². The van der Waals surface area contributed by atoms with Crippen molar-refractivity contribution in [2.45, 2.75) is 35.5 Å². The number of nitrogens with zero attached hydrogens (tertiary/aromatic N) is 1. The molecule has 0 amide bonds. The van der Waals surface area contributed by atoms with E-state index in [-0.39, 0.29) is 9.79 Å². The molecule has 0 atom stereocenters. The second-order valence-electron chi connectivity index (χ2n) is 6.81. The van der Waals surface area contributed by atoms with Gasteiger partial charge in [-0.1, -0.05) is 11.6 Å². The van der Waals surface area contributed by atoms with Crippen LogP contribution in [0.25, 0.3) is 10.9 Å². The summed E-state index contributed by atoms with van der Waals surface area (Å²) in [6, 6.07) is 10.7. The number of halogens is 1. The van der Waals surface area contributed by atoms with Crippen molar-refractivity contribution in [1.29, 1.82) is 0 Å². The number of hydrogen-bond donors (Lipinski definition) is 0. The van der Waals surface area contributed by atoms with E-state index >= 15 is 0 Å². The molecule has 0 saturated heterocycles. The fourth-order valence-corrected chi connectivity index (χ4v) is 6.07. The molecule has 0 fully saturated rings. The Morgan fingerprint density at radius 3 is 2.19 bits per heavy atom. The molecule has 0 spiro atoms. The number of rotatable bonds is 3. The number of aromatic nitrogens is 1. The predicted molar refractivity (Wildman–Crippen MR) is 106 cm³/mol. The zero-order valence-corrected chi connectivity index (χ0v) is 17.0. The lowest BCUT2D eigenvalue weighted by Gasteiger charge is -2.16. The highest BCUT2D eigenvalue weighted by molar-refractivity contribution is 7.90. The molecule has 3 aromatic rings. The zero-order chi connectivity index (χ0) is 19.4. The van der Waals surface area contributed by atoms with E-state index in [9.17, 15) is 16.8 Å². The molecule has 1 aliphatic rings. The second-order valence-corrected chi connectivity index (χ2v) is 11.0. The van der Waals surface area contributed by atoms with Gasteiger partial charge in [0.05, 0.1) is 15.3 Å². The second kappa shape index (κ2) is 6.36. The van der Waals surface area contributed by atoms with Crippen LogP contribution in [0.5, 0.6) is 0 Å². The predicted octanol–water partition coefficient (Wildman–Crippen LogP) is 3.81. The fourth-order valence-electron chi connectivity index (χ4n) is 3.70. The summed E-state index contributed by atoms with van der Waals surface area (Å²) in [4.78, 5) is 0.355. The average Bonchev–Trinajstić information content (AvgIpc) is 2.96. The van der Waals surface area contributed by atoms with Gasteiger partial charge in [0.1, 0.15) is 0 Å². The number of fused-ring (bicyclic) bond motifs is 3. The van der Waals surface area contributed by atoms with Gasteiger partial charge in [-0.15, -0.1) is 0 Å². The lowest BCUT2D eigenvalue weighted by Crippen LogP contribution is -2.17. The van der Waals surface area contributed by atoms with Crippen molar-refractivity contribution in [3.63, 3.8) is 0 Å². The monoisotopic (exact) mass is 423 g/mol. The van der Waals surface area contributed by atoms with Gasteiger partial charge in [-0.3, -0.25) is 0 Å². The third-order valence-corrected chi connectivity index (χ3v) is 8.10. The van der Waals surface area contributed by atoms with Crippen LogP contribution in [0.3, 0.4) is 0 Å². The van der Waals surface area contributed by atoms with Crippen molar-refractivity contribution in [3.8, 4) is 0 Å². The SMILES string of the molecule is CS(=O)(=O)c1ccc2c(c1)c1c(n2S(=O)(=O)c2ccc(Cl)cc2)CCCC1. The molecule has 0 aliphatic heterocycles. The molecular weight excluding hydrogens is 406 g/mol. The van der Waals surface area contributed by atoms with Gasteiger partial charge >= 0.3 is 0 Å². The van der Waals surface area contributed by atoms with Gasteiger partial charge in [-0.25, -0.2) is 20.8 Å². The van der Waals surface area contributed by atoms with Crippen LogP contribution < -0.4 is 0 Å². The molecule has 2 aromatic carbocycles. The Kier molecular flexibility index (Phi) is 4.36. The topological polar surface area (TPSA) is 73.2 Å². The van der Waals surface area contributed by atoms with E-state index in [4.69, 9.17) is 11.6 Å². The third kappa shape index (κ3) is 3.07. The summed E-state index contributed by atoms with van der Waals surface area (Å²) in [6.45, 7) is 0. The van der Waals surface area contributed by atoms with Crippen LogP contribution in [0.2, 0.25) is 5.02 Å². The van der Waals surface area contributed by atoms with E-state index in [0.717, 1.165) is 36.8 Å². The zero-order valence-electron chi connectivity index (χ0n) is 14.6. The van der Waals surface area contributed by atoms with E-state index in [1.165, 1.54) is 22.2 Å². The van der Waals surface area contributed by atoms with Crippen LogP contribution >= 0.6 is 11.6 Å². The Morgan fingerprint density at radius 1 is 0.889 bits per heavy atom. The lowest BCUT2D eigenvalue weighted by molar-refractivity contribution is 0.582. The van der Waals surface area contributed by atoms with Gasteiger partial charge in [0.25, 0.3) is 10.0 Å². The summed E-state index contributed by atoms with van der Waals surface area (Å²) in [6.07, 6.45) is 4.39. The van der Waals surface area contributed by atoms with Crippen LogP contribution in [0.1, 0.15) is 24.1 Å². The van der Waals surface area contributed by atoms with Gasteiger partial charge in [0.2, 0.25) is 0 Å². The lowest BCUT2D eigenvalue weighted by atomic mass is 9.96. The molecule has 1 heterocycles. The maximum atomic E-state index is 13.4. The highest BCUT2D eigenvalue weighted by Gasteiger charge is 2.28. The van der Waals surface area contributed by atoms with Crippen molar-refractivity contribution in [3.05, 3.63) is 58.7 Å².